The highest BCUT2D eigenvalue weighted by molar-refractivity contribution is 6.22. The maximum absolute atomic E-state index is 13.5. The molecule has 0 bridgehead atoms. The summed E-state index contributed by atoms with van der Waals surface area (Å²) >= 11 is 0. The van der Waals surface area contributed by atoms with Gasteiger partial charge in [-0.1, -0.05) is 24.8 Å². The smallest absolute Gasteiger partial charge is 0.124 e. The van der Waals surface area contributed by atoms with Crippen molar-refractivity contribution < 1.29 is 4.39 Å². The van der Waals surface area contributed by atoms with Gasteiger partial charge in [-0.25, -0.2) is 4.39 Å². The van der Waals surface area contributed by atoms with Crippen LogP contribution in [-0.4, -0.2) is 11.5 Å². The predicted octanol–water partition coefficient (Wildman–Crippen LogP) is 4.06. The minimum atomic E-state index is -0.453. The second-order valence-electron chi connectivity index (χ2n) is 4.99. The van der Waals surface area contributed by atoms with Crippen LogP contribution < -0.4 is 11.1 Å². The van der Waals surface area contributed by atoms with Crippen molar-refractivity contribution >= 4 is 17.2 Å². The van der Waals surface area contributed by atoms with Crippen LogP contribution in [0.3, 0.4) is 0 Å². The van der Waals surface area contributed by atoms with Crippen molar-refractivity contribution in [2.75, 3.05) is 0 Å². The molecule has 5 heteroatoms. The molecule has 0 aliphatic heterocycles. The number of benzene rings is 1. The molecule has 0 aliphatic carbocycles. The number of amidine groups is 1. The van der Waals surface area contributed by atoms with Crippen LogP contribution >= 0.6 is 0 Å². The number of nitrogens with one attached hydrogen (secondary N) is 2. The van der Waals surface area contributed by atoms with Crippen molar-refractivity contribution in [2.24, 2.45) is 10.7 Å². The molecule has 0 heterocycles. The maximum atomic E-state index is 13.5. The van der Waals surface area contributed by atoms with E-state index < -0.39 is 5.83 Å². The summed E-state index contributed by atoms with van der Waals surface area (Å²) in [5, 5.41) is 10.7. The molecule has 0 unspecified atom stereocenters. The normalized spacial score (nSPS) is 13.0. The van der Waals surface area contributed by atoms with Gasteiger partial charge in [0.15, 0.2) is 0 Å². The topological polar surface area (TPSA) is 74.3 Å². The number of rotatable bonds is 7. The van der Waals surface area contributed by atoms with Gasteiger partial charge in [0.1, 0.15) is 11.7 Å². The lowest BCUT2D eigenvalue weighted by molar-refractivity contribution is 0.664. The van der Waals surface area contributed by atoms with E-state index in [0.29, 0.717) is 12.3 Å². The lowest BCUT2D eigenvalue weighted by Crippen LogP contribution is -2.18. The van der Waals surface area contributed by atoms with Gasteiger partial charge in [0.05, 0.1) is 5.69 Å². The molecule has 1 rings (SSSR count). The lowest BCUT2D eigenvalue weighted by Gasteiger charge is -2.10. The average molecular weight is 314 g/mol. The Morgan fingerprint density at radius 2 is 2.17 bits per heavy atom. The number of hydrogen-bond donors (Lipinski definition) is 3. The molecule has 0 saturated heterocycles. The van der Waals surface area contributed by atoms with Gasteiger partial charge in [-0.3, -0.25) is 10.4 Å². The van der Waals surface area contributed by atoms with Gasteiger partial charge >= 0.3 is 0 Å². The van der Waals surface area contributed by atoms with E-state index in [1.165, 1.54) is 12.2 Å². The summed E-state index contributed by atoms with van der Waals surface area (Å²) in [5.41, 5.74) is 9.17. The molecule has 4 nitrogen and oxygen atoms in total. The first-order valence-corrected chi connectivity index (χ1v) is 7.27. The van der Waals surface area contributed by atoms with Crippen molar-refractivity contribution in [1.29, 1.82) is 5.41 Å². The van der Waals surface area contributed by atoms with Crippen LogP contribution in [0.5, 0.6) is 0 Å². The molecule has 0 amide bonds. The first kappa shape index (κ1) is 18.4. The van der Waals surface area contributed by atoms with Gasteiger partial charge in [-0.2, -0.15) is 0 Å². The lowest BCUT2D eigenvalue weighted by atomic mass is 10.1. The van der Waals surface area contributed by atoms with E-state index in [0.717, 1.165) is 16.8 Å². The predicted molar refractivity (Wildman–Crippen MR) is 95.8 cm³/mol. The molecule has 23 heavy (non-hydrogen) atoms. The van der Waals surface area contributed by atoms with Crippen LogP contribution in [0, 0.1) is 12.3 Å². The fourth-order valence-corrected chi connectivity index (χ4v) is 2.00. The summed E-state index contributed by atoms with van der Waals surface area (Å²) in [6, 6.07) is 5.78. The van der Waals surface area contributed by atoms with Gasteiger partial charge in [0.2, 0.25) is 0 Å². The Labute approximate surface area is 136 Å². The van der Waals surface area contributed by atoms with Crippen LogP contribution in [0.4, 0.5) is 10.1 Å². The van der Waals surface area contributed by atoms with E-state index in [1.807, 2.05) is 25.1 Å². The van der Waals surface area contributed by atoms with E-state index in [4.69, 9.17) is 11.1 Å². The van der Waals surface area contributed by atoms with Crippen molar-refractivity contribution in [2.45, 2.75) is 27.3 Å². The second-order valence-corrected chi connectivity index (χ2v) is 4.99. The Morgan fingerprint density at radius 1 is 1.48 bits per heavy atom. The van der Waals surface area contributed by atoms with Crippen LogP contribution in [0.2, 0.25) is 0 Å². The quantitative estimate of drug-likeness (QED) is 0.403. The standard InChI is InChI=1S/C18H23FN4/c1-5-15(19)10-16(18(20)21)13(4)23-17-9-7-8-14(12(17)3)11-22-6-2/h5-10,22H,2,11H2,1,3-4H3,(H3,20,21)/b15-5-,16-10+,23-13-. The third kappa shape index (κ3) is 5.21. The minimum Gasteiger partial charge on any atom is -0.387 e. The van der Waals surface area contributed by atoms with E-state index >= 15 is 0 Å². The van der Waals surface area contributed by atoms with Crippen LogP contribution in [0.1, 0.15) is 25.0 Å². The minimum absolute atomic E-state index is 0.217. The molecule has 0 fully saturated rings. The number of hydrogen-bond acceptors (Lipinski definition) is 3. The molecule has 0 spiro atoms. The summed E-state index contributed by atoms with van der Waals surface area (Å²) in [6.07, 6.45) is 4.17. The largest absolute Gasteiger partial charge is 0.387 e. The monoisotopic (exact) mass is 314 g/mol. The number of allylic oxidation sites excluding steroid dienone is 3. The number of aliphatic imine (C=N–C) groups is 1. The zero-order valence-electron chi connectivity index (χ0n) is 13.8. The average Bonchev–Trinajstić information content (AvgIpc) is 2.52. The molecule has 0 aromatic heterocycles. The molecule has 0 saturated carbocycles. The van der Waals surface area contributed by atoms with Crippen LogP contribution in [0.15, 0.2) is 59.5 Å². The van der Waals surface area contributed by atoms with Gasteiger partial charge in [0.25, 0.3) is 0 Å². The van der Waals surface area contributed by atoms with Gasteiger partial charge in [-0.05, 0) is 50.2 Å². The van der Waals surface area contributed by atoms with E-state index in [2.05, 4.69) is 16.9 Å². The molecule has 0 aliphatic rings. The van der Waals surface area contributed by atoms with E-state index in [1.54, 1.807) is 20.0 Å². The van der Waals surface area contributed by atoms with Crippen LogP contribution in [-0.2, 0) is 6.54 Å². The molecule has 1 aromatic rings. The molecule has 0 radical (unpaired) electrons. The highest BCUT2D eigenvalue weighted by atomic mass is 19.1. The summed E-state index contributed by atoms with van der Waals surface area (Å²) in [6.45, 7) is 9.54. The van der Waals surface area contributed by atoms with Crippen molar-refractivity contribution in [3.63, 3.8) is 0 Å². The molecular weight excluding hydrogens is 291 g/mol. The Kier molecular flexibility index (Phi) is 6.93. The van der Waals surface area contributed by atoms with Crippen molar-refractivity contribution in [3.8, 4) is 0 Å². The zero-order chi connectivity index (χ0) is 17.4. The Morgan fingerprint density at radius 3 is 2.74 bits per heavy atom. The SMILES string of the molecule is C=CNCc1cccc(\N=C(C)/C(=C\C(F)=C\C)C(=N)N)c1C. The third-order valence-corrected chi connectivity index (χ3v) is 3.38. The van der Waals surface area contributed by atoms with E-state index in [9.17, 15) is 4.39 Å². The van der Waals surface area contributed by atoms with Crippen LogP contribution in [0.25, 0.3) is 0 Å². The summed E-state index contributed by atoms with van der Waals surface area (Å²) in [4.78, 5) is 4.52. The summed E-state index contributed by atoms with van der Waals surface area (Å²) in [5.74, 6) is -0.671. The first-order valence-electron chi connectivity index (χ1n) is 7.27. The summed E-state index contributed by atoms with van der Waals surface area (Å²) in [7, 11) is 0. The second kappa shape index (κ2) is 8.68. The molecule has 1 aromatic carbocycles. The fraction of sp³-hybridized carbons (Fsp3) is 0.222. The maximum Gasteiger partial charge on any atom is 0.124 e. The highest BCUT2D eigenvalue weighted by Crippen LogP contribution is 2.23. The third-order valence-electron chi connectivity index (χ3n) is 3.38. The van der Waals surface area contributed by atoms with Gasteiger partial charge < -0.3 is 11.1 Å². The fourth-order valence-electron chi connectivity index (χ4n) is 2.00. The summed E-state index contributed by atoms with van der Waals surface area (Å²) < 4.78 is 13.5. The number of nitrogens with two attached hydrogens (primary N) is 1. The zero-order valence-corrected chi connectivity index (χ0v) is 13.8. The molecule has 0 atom stereocenters. The Bertz CT molecular complexity index is 684. The number of halogens is 1. The first-order chi connectivity index (χ1) is 10.9. The Balaban J connectivity index is 3.25. The highest BCUT2D eigenvalue weighted by Gasteiger charge is 2.09. The molecular formula is C18H23FN4. The van der Waals surface area contributed by atoms with Crippen molar-refractivity contribution in [1.82, 2.24) is 5.32 Å². The number of nitrogens with zero attached hydrogens (tertiary/aromatic N) is 1. The Hall–Kier alpha value is -2.69. The molecule has 122 valence electrons. The molecule has 4 N–H and O–H groups in total. The van der Waals surface area contributed by atoms with Gasteiger partial charge in [-0.15, -0.1) is 0 Å². The van der Waals surface area contributed by atoms with E-state index in [-0.39, 0.29) is 11.4 Å². The van der Waals surface area contributed by atoms with Gasteiger partial charge in [0, 0.05) is 17.8 Å². The van der Waals surface area contributed by atoms with Crippen molar-refractivity contribution in [3.05, 3.63) is 65.7 Å².